The monoisotopic (exact) mass is 457 g/mol. The maximum absolute atomic E-state index is 11.9. The summed E-state index contributed by atoms with van der Waals surface area (Å²) in [5.74, 6) is 0.604. The molecule has 1 aromatic rings. The van der Waals surface area contributed by atoms with E-state index in [4.69, 9.17) is 14.0 Å². The number of benzene rings is 1. The van der Waals surface area contributed by atoms with Crippen molar-refractivity contribution < 1.29 is 27.0 Å². The first-order chi connectivity index (χ1) is 13.2. The Bertz CT molecular complexity index is 661. The molecule has 6 nitrogen and oxygen atoms in total. The molecule has 0 heterocycles. The second kappa shape index (κ2) is 18.8. The molecule has 29 heavy (non-hydrogen) atoms. The van der Waals surface area contributed by atoms with Crippen LogP contribution in [0.15, 0.2) is 47.6 Å². The number of unbranched alkanes of at least 4 members (excludes halogenated alkanes) is 9. The minimum Gasteiger partial charge on any atom is -0.321 e. The minimum atomic E-state index is -3.88. The van der Waals surface area contributed by atoms with Gasteiger partial charge in [-0.3, -0.25) is 8.75 Å². The van der Waals surface area contributed by atoms with E-state index in [1.54, 1.807) is 30.3 Å². The van der Waals surface area contributed by atoms with Crippen LogP contribution in [0.5, 0.6) is 0 Å². The second-order valence-corrected chi connectivity index (χ2v) is 9.70. The first-order valence-corrected chi connectivity index (χ1v) is 12.9. The van der Waals surface area contributed by atoms with E-state index < -0.39 is 17.7 Å². The molecule has 0 atom stereocenters. The number of hydrogen-bond acceptors (Lipinski definition) is 4. The molecular formula is C20H35NaO6PS. The van der Waals surface area contributed by atoms with Gasteiger partial charge < -0.3 is 9.79 Å². The van der Waals surface area contributed by atoms with Crippen LogP contribution in [-0.4, -0.2) is 54.4 Å². The first-order valence-electron chi connectivity index (χ1n) is 9.86. The van der Waals surface area contributed by atoms with E-state index in [0.29, 0.717) is 5.82 Å². The zero-order valence-corrected chi connectivity index (χ0v) is 21.5. The molecule has 163 valence electrons. The van der Waals surface area contributed by atoms with E-state index in [9.17, 15) is 13.0 Å². The van der Waals surface area contributed by atoms with Crippen molar-refractivity contribution in [3.05, 3.63) is 42.7 Å². The van der Waals surface area contributed by atoms with Crippen LogP contribution in [0.1, 0.15) is 71.1 Å². The topological polar surface area (TPSA) is 101 Å². The van der Waals surface area contributed by atoms with Crippen LogP contribution in [0.2, 0.25) is 0 Å². The zero-order valence-electron chi connectivity index (χ0n) is 17.8. The van der Waals surface area contributed by atoms with Crippen LogP contribution in [0.25, 0.3) is 0 Å². The number of hydrogen-bond donors (Lipinski definition) is 2. The molecule has 1 aromatic carbocycles. The molecule has 2 N–H and O–H groups in total. The Kier molecular flexibility index (Phi) is 20.2. The fraction of sp³-hybridized carbons (Fsp3) is 0.600. The Morgan fingerprint density at radius 2 is 1.34 bits per heavy atom. The van der Waals surface area contributed by atoms with E-state index >= 15 is 0 Å². The first kappa shape index (κ1) is 31.2. The van der Waals surface area contributed by atoms with Crippen molar-refractivity contribution in [2.45, 2.75) is 76.0 Å². The smallest absolute Gasteiger partial charge is 0.321 e. The summed E-state index contributed by atoms with van der Waals surface area (Å²) in [6.45, 7) is 5.39. The normalized spacial score (nSPS) is 11.1. The summed E-state index contributed by atoms with van der Waals surface area (Å²) in [7, 11) is -7.45. The third-order valence-corrected chi connectivity index (χ3v) is 5.81. The van der Waals surface area contributed by atoms with Gasteiger partial charge >= 0.3 is 7.60 Å². The molecule has 0 bridgehead atoms. The van der Waals surface area contributed by atoms with Crippen molar-refractivity contribution in [2.24, 2.45) is 0 Å². The Hall–Kier alpha value is 0.0200. The van der Waals surface area contributed by atoms with Crippen LogP contribution in [0.3, 0.4) is 0 Å². The van der Waals surface area contributed by atoms with Gasteiger partial charge in [0.2, 0.25) is 0 Å². The minimum absolute atomic E-state index is 0. The summed E-state index contributed by atoms with van der Waals surface area (Å²) in [6.07, 6.45) is 12.3. The van der Waals surface area contributed by atoms with Crippen molar-refractivity contribution in [1.82, 2.24) is 0 Å². The standard InChI is InChI=1S/C18H30O3S.C2H5O3P.Na/c1-2-3-4-5-6-7-8-9-10-14-17-21-22(19,20)18-15-12-11-13-16-18;1-2-6(3,4)5;/h11-13,15-16H,2-10,14,17H2,1H3;2H,1H2,(H2,3,4,5);. The Labute approximate surface area is 198 Å². The molecule has 0 spiro atoms. The van der Waals surface area contributed by atoms with E-state index in [2.05, 4.69) is 13.5 Å². The number of rotatable bonds is 14. The van der Waals surface area contributed by atoms with Gasteiger partial charge in [0, 0.05) is 35.4 Å². The summed E-state index contributed by atoms with van der Waals surface area (Å²) in [5.41, 5.74) is 0. The van der Waals surface area contributed by atoms with Crippen molar-refractivity contribution in [3.63, 3.8) is 0 Å². The molecule has 0 fully saturated rings. The van der Waals surface area contributed by atoms with Crippen LogP contribution in [0.4, 0.5) is 0 Å². The van der Waals surface area contributed by atoms with Crippen LogP contribution in [0, 0.1) is 0 Å². The Balaban J connectivity index is 0. The molecule has 0 aliphatic heterocycles. The zero-order chi connectivity index (χ0) is 21.3. The largest absolute Gasteiger partial charge is 0.348 e. The van der Waals surface area contributed by atoms with E-state index in [0.717, 1.165) is 12.8 Å². The van der Waals surface area contributed by atoms with E-state index in [1.165, 1.54) is 51.4 Å². The average Bonchev–Trinajstić information content (AvgIpc) is 2.67. The summed E-state index contributed by atoms with van der Waals surface area (Å²) in [5, 5.41) is 0. The molecule has 0 aliphatic rings. The van der Waals surface area contributed by atoms with E-state index in [-0.39, 0.29) is 41.1 Å². The predicted molar refractivity (Wildman–Crippen MR) is 119 cm³/mol. The maximum atomic E-state index is 11.9. The van der Waals surface area contributed by atoms with Gasteiger partial charge in [0.05, 0.1) is 11.5 Å². The van der Waals surface area contributed by atoms with Gasteiger partial charge in [-0.15, -0.1) is 0 Å². The molecule has 0 unspecified atom stereocenters. The fourth-order valence-corrected chi connectivity index (χ4v) is 3.38. The maximum Gasteiger partial charge on any atom is 0.348 e. The van der Waals surface area contributed by atoms with Gasteiger partial charge in [0.1, 0.15) is 0 Å². The van der Waals surface area contributed by atoms with Gasteiger partial charge in [0.15, 0.2) is 0 Å². The van der Waals surface area contributed by atoms with E-state index in [1.807, 2.05) is 0 Å². The molecular weight excluding hydrogens is 422 g/mol. The van der Waals surface area contributed by atoms with Crippen molar-refractivity contribution in [2.75, 3.05) is 6.61 Å². The van der Waals surface area contributed by atoms with Gasteiger partial charge in [0.25, 0.3) is 10.1 Å². The Morgan fingerprint density at radius 3 is 1.76 bits per heavy atom. The quantitative estimate of drug-likeness (QED) is 0.171. The summed E-state index contributed by atoms with van der Waals surface area (Å²) < 4.78 is 38.4. The van der Waals surface area contributed by atoms with Crippen LogP contribution in [-0.2, 0) is 18.9 Å². The molecule has 0 saturated heterocycles. The summed E-state index contributed by atoms with van der Waals surface area (Å²) in [6, 6.07) is 8.33. The predicted octanol–water partition coefficient (Wildman–Crippen LogP) is 5.24. The third-order valence-electron chi connectivity index (χ3n) is 4.01. The molecule has 0 amide bonds. The Morgan fingerprint density at radius 1 is 0.931 bits per heavy atom. The van der Waals surface area contributed by atoms with Crippen LogP contribution >= 0.6 is 7.60 Å². The molecule has 1 radical (unpaired) electrons. The molecule has 9 heteroatoms. The van der Waals surface area contributed by atoms with Gasteiger partial charge in [-0.05, 0) is 18.6 Å². The molecule has 0 aromatic heterocycles. The van der Waals surface area contributed by atoms with Gasteiger partial charge in [-0.1, -0.05) is 89.5 Å². The summed E-state index contributed by atoms with van der Waals surface area (Å²) >= 11 is 0. The van der Waals surface area contributed by atoms with Crippen molar-refractivity contribution >= 4 is 47.3 Å². The second-order valence-electron chi connectivity index (χ2n) is 6.54. The fourth-order valence-electron chi connectivity index (χ4n) is 2.41. The third kappa shape index (κ3) is 19.7. The van der Waals surface area contributed by atoms with Crippen LogP contribution < -0.4 is 0 Å². The molecule has 0 aliphatic carbocycles. The molecule has 0 saturated carbocycles. The average molecular weight is 458 g/mol. The van der Waals surface area contributed by atoms with Gasteiger partial charge in [-0.25, -0.2) is 0 Å². The van der Waals surface area contributed by atoms with Gasteiger partial charge in [-0.2, -0.15) is 8.42 Å². The van der Waals surface area contributed by atoms with Crippen molar-refractivity contribution in [1.29, 1.82) is 0 Å². The molecule has 1 rings (SSSR count). The summed E-state index contributed by atoms with van der Waals surface area (Å²) in [4.78, 5) is 15.9. The van der Waals surface area contributed by atoms with Crippen molar-refractivity contribution in [3.8, 4) is 0 Å². The SMILES string of the molecule is C=CP(=O)(O)O.CCCCCCCCCCCCOS(=O)(=O)c1ccccc1.[Na].